The molecule has 1 fully saturated rings. The van der Waals surface area contributed by atoms with Crippen molar-refractivity contribution in [2.45, 2.75) is 45.6 Å². The number of carboxylic acids is 1. The van der Waals surface area contributed by atoms with Gasteiger partial charge in [-0.25, -0.2) is 0 Å². The van der Waals surface area contributed by atoms with Crippen molar-refractivity contribution in [3.05, 3.63) is 23.8 Å². The Morgan fingerprint density at radius 1 is 1.35 bits per heavy atom. The number of aromatic nitrogens is 2. The molecule has 1 atom stereocenters. The van der Waals surface area contributed by atoms with Gasteiger partial charge in [-0.2, -0.15) is 0 Å². The first-order chi connectivity index (χ1) is 9.58. The number of nitrogens with one attached hydrogen (secondary N) is 1. The van der Waals surface area contributed by atoms with E-state index < -0.39 is 5.97 Å². The van der Waals surface area contributed by atoms with E-state index in [0.29, 0.717) is 5.92 Å². The fraction of sp³-hybridized carbons (Fsp3) is 0.667. The molecule has 0 amide bonds. The molecule has 5 nitrogen and oxygen atoms in total. The van der Waals surface area contributed by atoms with Crippen molar-refractivity contribution in [1.29, 1.82) is 0 Å². The molecule has 0 saturated heterocycles. The van der Waals surface area contributed by atoms with Gasteiger partial charge in [0.05, 0.1) is 17.3 Å². The quantitative estimate of drug-likeness (QED) is 0.864. The van der Waals surface area contributed by atoms with Crippen molar-refractivity contribution in [2.75, 3.05) is 6.54 Å². The first-order valence-corrected chi connectivity index (χ1v) is 7.31. The molecule has 0 aromatic carbocycles. The molecule has 2 N–H and O–H groups in total. The van der Waals surface area contributed by atoms with Crippen molar-refractivity contribution in [2.24, 2.45) is 11.8 Å². The average molecular weight is 277 g/mol. The number of nitrogens with zero attached hydrogens (tertiary/aromatic N) is 2. The summed E-state index contributed by atoms with van der Waals surface area (Å²) in [6.07, 6.45) is 7.03. The Kier molecular flexibility index (Phi) is 5.06. The molecule has 1 aliphatic rings. The van der Waals surface area contributed by atoms with Gasteiger partial charge in [0.1, 0.15) is 0 Å². The molecule has 1 aromatic heterocycles. The van der Waals surface area contributed by atoms with E-state index in [-0.39, 0.29) is 12.0 Å². The molecule has 1 aliphatic carbocycles. The maximum atomic E-state index is 10.9. The molecule has 110 valence electrons. The van der Waals surface area contributed by atoms with Gasteiger partial charge in [-0.3, -0.25) is 14.8 Å². The predicted octanol–water partition coefficient (Wildman–Crippen LogP) is 2.33. The van der Waals surface area contributed by atoms with Crippen LogP contribution in [0.3, 0.4) is 0 Å². The summed E-state index contributed by atoms with van der Waals surface area (Å²) >= 11 is 0. The Morgan fingerprint density at radius 3 is 2.60 bits per heavy atom. The average Bonchev–Trinajstić information content (AvgIpc) is 2.45. The van der Waals surface area contributed by atoms with E-state index in [4.69, 9.17) is 5.11 Å². The number of carboxylic acid groups (broad SMARTS) is 1. The van der Waals surface area contributed by atoms with E-state index in [1.807, 2.05) is 6.92 Å². The molecule has 1 unspecified atom stereocenters. The fourth-order valence-electron chi connectivity index (χ4n) is 2.90. The van der Waals surface area contributed by atoms with Crippen molar-refractivity contribution >= 4 is 5.97 Å². The smallest absolute Gasteiger partial charge is 0.306 e. The Bertz CT molecular complexity index is 456. The van der Waals surface area contributed by atoms with Gasteiger partial charge < -0.3 is 10.4 Å². The lowest BCUT2D eigenvalue weighted by Crippen LogP contribution is -2.30. The van der Waals surface area contributed by atoms with Crippen LogP contribution in [-0.2, 0) is 4.79 Å². The standard InChI is InChI=1S/C15H23N3O2/c1-10-14(17-8-7-16-10)11(2)18-9-12-3-5-13(6-4-12)15(19)20/h7-8,11-13,18H,3-6,9H2,1-2H3,(H,19,20). The van der Waals surface area contributed by atoms with Crippen LogP contribution in [-0.4, -0.2) is 27.6 Å². The number of aliphatic carboxylic acids is 1. The second-order valence-electron chi connectivity index (χ2n) is 5.71. The van der Waals surface area contributed by atoms with E-state index in [9.17, 15) is 4.79 Å². The Morgan fingerprint density at radius 2 is 2.00 bits per heavy atom. The number of hydrogen-bond donors (Lipinski definition) is 2. The van der Waals surface area contributed by atoms with Crippen molar-refractivity contribution in [3.63, 3.8) is 0 Å². The molecular weight excluding hydrogens is 254 g/mol. The third-order valence-corrected chi connectivity index (χ3v) is 4.24. The van der Waals surface area contributed by atoms with E-state index >= 15 is 0 Å². The summed E-state index contributed by atoms with van der Waals surface area (Å²) in [6, 6.07) is 0.181. The molecular formula is C15H23N3O2. The minimum Gasteiger partial charge on any atom is -0.481 e. The van der Waals surface area contributed by atoms with Crippen LogP contribution in [0.25, 0.3) is 0 Å². The van der Waals surface area contributed by atoms with Crippen LogP contribution < -0.4 is 5.32 Å². The van der Waals surface area contributed by atoms with Crippen LogP contribution in [0.15, 0.2) is 12.4 Å². The van der Waals surface area contributed by atoms with Crippen molar-refractivity contribution in [1.82, 2.24) is 15.3 Å². The molecule has 5 heteroatoms. The van der Waals surface area contributed by atoms with Gasteiger partial charge in [-0.05, 0) is 52.0 Å². The predicted molar refractivity (Wildman–Crippen MR) is 76.3 cm³/mol. The van der Waals surface area contributed by atoms with Gasteiger partial charge in [-0.1, -0.05) is 0 Å². The Hall–Kier alpha value is -1.49. The molecule has 0 aliphatic heterocycles. The lowest BCUT2D eigenvalue weighted by Gasteiger charge is -2.27. The molecule has 1 saturated carbocycles. The van der Waals surface area contributed by atoms with Crippen LogP contribution in [0.5, 0.6) is 0 Å². The maximum Gasteiger partial charge on any atom is 0.306 e. The zero-order valence-electron chi connectivity index (χ0n) is 12.2. The monoisotopic (exact) mass is 277 g/mol. The molecule has 2 rings (SSSR count). The third kappa shape index (κ3) is 3.76. The number of hydrogen-bond acceptors (Lipinski definition) is 4. The van der Waals surface area contributed by atoms with Crippen molar-refractivity contribution in [3.8, 4) is 0 Å². The van der Waals surface area contributed by atoms with Crippen LogP contribution in [0.1, 0.15) is 50.0 Å². The second kappa shape index (κ2) is 6.79. The zero-order chi connectivity index (χ0) is 14.5. The molecule has 1 heterocycles. The van der Waals surface area contributed by atoms with Gasteiger partial charge in [0.15, 0.2) is 0 Å². The number of aryl methyl sites for hydroxylation is 1. The topological polar surface area (TPSA) is 75.1 Å². The third-order valence-electron chi connectivity index (χ3n) is 4.24. The molecule has 20 heavy (non-hydrogen) atoms. The van der Waals surface area contributed by atoms with E-state index in [2.05, 4.69) is 22.2 Å². The Balaban J connectivity index is 1.79. The van der Waals surface area contributed by atoms with Crippen LogP contribution in [0.2, 0.25) is 0 Å². The highest BCUT2D eigenvalue weighted by Gasteiger charge is 2.26. The minimum absolute atomic E-state index is 0.133. The SMILES string of the molecule is Cc1nccnc1C(C)NCC1CCC(C(=O)O)CC1. The highest BCUT2D eigenvalue weighted by atomic mass is 16.4. The van der Waals surface area contributed by atoms with E-state index in [1.54, 1.807) is 12.4 Å². The van der Waals surface area contributed by atoms with E-state index in [0.717, 1.165) is 43.6 Å². The summed E-state index contributed by atoms with van der Waals surface area (Å²) in [7, 11) is 0. The van der Waals surface area contributed by atoms with Crippen molar-refractivity contribution < 1.29 is 9.90 Å². The lowest BCUT2D eigenvalue weighted by atomic mass is 9.82. The largest absolute Gasteiger partial charge is 0.481 e. The van der Waals surface area contributed by atoms with Gasteiger partial charge in [0, 0.05) is 18.4 Å². The highest BCUT2D eigenvalue weighted by molar-refractivity contribution is 5.69. The van der Waals surface area contributed by atoms with Crippen LogP contribution in [0.4, 0.5) is 0 Å². The lowest BCUT2D eigenvalue weighted by molar-refractivity contribution is -0.143. The van der Waals surface area contributed by atoms with Gasteiger partial charge in [-0.15, -0.1) is 0 Å². The van der Waals surface area contributed by atoms with Gasteiger partial charge in [0.2, 0.25) is 0 Å². The summed E-state index contributed by atoms with van der Waals surface area (Å²) in [5, 5.41) is 12.5. The summed E-state index contributed by atoms with van der Waals surface area (Å²) in [5.41, 5.74) is 1.95. The van der Waals surface area contributed by atoms with Crippen LogP contribution >= 0.6 is 0 Å². The summed E-state index contributed by atoms with van der Waals surface area (Å²) in [6.45, 7) is 4.99. The minimum atomic E-state index is -0.639. The van der Waals surface area contributed by atoms with Crippen LogP contribution in [0, 0.1) is 18.8 Å². The maximum absolute atomic E-state index is 10.9. The normalized spacial score (nSPS) is 24.3. The number of rotatable bonds is 5. The first-order valence-electron chi connectivity index (χ1n) is 7.31. The molecule has 0 bridgehead atoms. The number of carbonyl (C=O) groups is 1. The zero-order valence-corrected chi connectivity index (χ0v) is 12.2. The van der Waals surface area contributed by atoms with Gasteiger partial charge in [0.25, 0.3) is 0 Å². The first kappa shape index (κ1) is 14.9. The fourth-order valence-corrected chi connectivity index (χ4v) is 2.90. The summed E-state index contributed by atoms with van der Waals surface area (Å²) < 4.78 is 0. The molecule has 0 spiro atoms. The van der Waals surface area contributed by atoms with Gasteiger partial charge >= 0.3 is 5.97 Å². The Labute approximate surface area is 119 Å². The summed E-state index contributed by atoms with van der Waals surface area (Å²) in [5.74, 6) is -0.198. The second-order valence-corrected chi connectivity index (χ2v) is 5.71. The molecule has 0 radical (unpaired) electrons. The molecule has 1 aromatic rings. The summed E-state index contributed by atoms with van der Waals surface area (Å²) in [4.78, 5) is 19.5. The highest BCUT2D eigenvalue weighted by Crippen LogP contribution is 2.28. The van der Waals surface area contributed by atoms with E-state index in [1.165, 1.54) is 0 Å².